The topological polar surface area (TPSA) is 15.7 Å². The second-order valence-corrected chi connectivity index (χ2v) is 28.1. The normalized spacial score (nSPS) is 15.5. The Kier molecular flexibility index (Phi) is 9.42. The minimum absolute atomic E-state index is 0.0585. The van der Waals surface area contributed by atoms with Gasteiger partial charge in [0.15, 0.2) is 0 Å². The molecule has 0 spiro atoms. The molecule has 7 aromatic rings. The fraction of sp³-hybridized carbons (Fsp3) is 0.236. The van der Waals surface area contributed by atoms with E-state index in [4.69, 9.17) is 4.74 Å². The minimum atomic E-state index is -2.02. The first-order valence-corrected chi connectivity index (χ1v) is 28.4. The van der Waals surface area contributed by atoms with Crippen LogP contribution in [-0.2, 0) is 0 Å². The number of nitrogens with zero attached hydrogens (tertiary/aromatic N) is 2. The number of para-hydroxylation sites is 6. The van der Waals surface area contributed by atoms with E-state index in [1.807, 2.05) is 0 Å². The quantitative estimate of drug-likeness (QED) is 0.155. The van der Waals surface area contributed by atoms with Crippen LogP contribution in [0, 0.1) is 0 Å². The highest BCUT2D eigenvalue weighted by atomic mass is 28.3. The molecule has 0 N–H and O–H groups in total. The summed E-state index contributed by atoms with van der Waals surface area (Å²) in [6, 6.07) is 55.3. The molecule has 3 heterocycles. The maximum atomic E-state index is 7.76. The van der Waals surface area contributed by atoms with Gasteiger partial charge in [-0.3, -0.25) is 0 Å². The number of hydrogen-bond donors (Lipinski definition) is 0. The average Bonchev–Trinajstić information content (AvgIpc) is 3.25. The molecule has 3 aliphatic rings. The zero-order valence-corrected chi connectivity index (χ0v) is 39.5. The summed E-state index contributed by atoms with van der Waals surface area (Å²) in [5.74, 6) is 2.95. The average molecular weight is 829 g/mol. The zero-order chi connectivity index (χ0) is 42.5. The molecule has 0 atom stereocenters. The number of anilines is 6. The lowest BCUT2D eigenvalue weighted by atomic mass is 9.33. The van der Waals surface area contributed by atoms with Crippen molar-refractivity contribution in [3.8, 4) is 11.5 Å². The SMILES string of the molecule is CC(C)c1cc(C(C)C)c(B2c3cccc(N4c5ccccc5[Si](C)(C)c5ccccc54)c3Oc3c2cccc3N2c3ccccc3[Si](C)(C)c3ccccc32)c(C(C)C)c1. The van der Waals surface area contributed by atoms with Crippen molar-refractivity contribution >= 4 is 94.1 Å². The van der Waals surface area contributed by atoms with Gasteiger partial charge in [-0.15, -0.1) is 0 Å². The molecule has 3 nitrogen and oxygen atoms in total. The van der Waals surface area contributed by atoms with Crippen molar-refractivity contribution < 1.29 is 4.74 Å². The Bertz CT molecular complexity index is 2590. The van der Waals surface area contributed by atoms with Crippen LogP contribution < -0.4 is 51.7 Å². The highest BCUT2D eigenvalue weighted by Crippen LogP contribution is 2.48. The molecule has 3 aliphatic heterocycles. The third-order valence-electron chi connectivity index (χ3n) is 14.1. The van der Waals surface area contributed by atoms with Crippen LogP contribution in [-0.4, -0.2) is 22.9 Å². The van der Waals surface area contributed by atoms with Crippen molar-refractivity contribution in [3.05, 3.63) is 162 Å². The molecule has 0 aromatic heterocycles. The van der Waals surface area contributed by atoms with Gasteiger partial charge in [0.2, 0.25) is 0 Å². The van der Waals surface area contributed by atoms with Gasteiger partial charge in [-0.05, 0) is 103 Å². The third-order valence-corrected chi connectivity index (χ3v) is 21.2. The Labute approximate surface area is 366 Å². The van der Waals surface area contributed by atoms with Crippen LogP contribution in [0.2, 0.25) is 26.2 Å². The Morgan fingerprint density at radius 1 is 0.410 bits per heavy atom. The Morgan fingerprint density at radius 2 is 0.738 bits per heavy atom. The summed E-state index contributed by atoms with van der Waals surface area (Å²) in [5, 5.41) is 5.78. The van der Waals surface area contributed by atoms with Crippen LogP contribution in [0.15, 0.2) is 146 Å². The second-order valence-electron chi connectivity index (χ2n) is 19.5. The Balaban J connectivity index is 1.31. The van der Waals surface area contributed by atoms with Crippen LogP contribution in [0.4, 0.5) is 34.1 Å². The van der Waals surface area contributed by atoms with Crippen LogP contribution >= 0.6 is 0 Å². The van der Waals surface area contributed by atoms with Gasteiger partial charge in [0.25, 0.3) is 6.71 Å². The summed E-state index contributed by atoms with van der Waals surface area (Å²) in [5.41, 5.74) is 15.3. The van der Waals surface area contributed by atoms with Crippen molar-refractivity contribution in [2.75, 3.05) is 9.80 Å². The van der Waals surface area contributed by atoms with E-state index in [-0.39, 0.29) is 6.71 Å². The zero-order valence-electron chi connectivity index (χ0n) is 37.5. The molecule has 6 heteroatoms. The predicted octanol–water partition coefficient (Wildman–Crippen LogP) is 10.9. The smallest absolute Gasteiger partial charge is 0.251 e. The van der Waals surface area contributed by atoms with Gasteiger partial charge < -0.3 is 14.5 Å². The van der Waals surface area contributed by atoms with Gasteiger partial charge >= 0.3 is 0 Å². The van der Waals surface area contributed by atoms with Crippen molar-refractivity contribution in [1.29, 1.82) is 0 Å². The molecule has 0 bridgehead atoms. The second kappa shape index (κ2) is 14.5. The summed E-state index contributed by atoms with van der Waals surface area (Å²) in [6.07, 6.45) is 0. The third kappa shape index (κ3) is 5.96. The molecule has 0 saturated heterocycles. The predicted molar refractivity (Wildman–Crippen MR) is 269 cm³/mol. The molecule has 304 valence electrons. The molecule has 0 unspecified atom stereocenters. The molecule has 0 saturated carbocycles. The summed E-state index contributed by atoms with van der Waals surface area (Å²) in [4.78, 5) is 5.03. The van der Waals surface area contributed by atoms with Gasteiger partial charge in [0.1, 0.15) is 27.6 Å². The number of rotatable bonds is 6. The fourth-order valence-corrected chi connectivity index (χ4v) is 16.9. The summed E-state index contributed by atoms with van der Waals surface area (Å²) in [7, 11) is -4.03. The Hall–Kier alpha value is -5.56. The van der Waals surface area contributed by atoms with Crippen LogP contribution in [0.25, 0.3) is 0 Å². The lowest BCUT2D eigenvalue weighted by Crippen LogP contribution is -2.59. The van der Waals surface area contributed by atoms with Gasteiger partial charge in [-0.2, -0.15) is 0 Å². The highest BCUT2D eigenvalue weighted by molar-refractivity contribution is 7.03. The summed E-state index contributed by atoms with van der Waals surface area (Å²) >= 11 is 0. The number of fused-ring (bicyclic) bond motifs is 6. The molecule has 0 radical (unpaired) electrons. The van der Waals surface area contributed by atoms with Gasteiger partial charge in [-0.25, -0.2) is 0 Å². The van der Waals surface area contributed by atoms with Gasteiger partial charge in [0, 0.05) is 22.7 Å². The number of benzene rings is 7. The van der Waals surface area contributed by atoms with E-state index < -0.39 is 16.1 Å². The van der Waals surface area contributed by atoms with E-state index in [0.29, 0.717) is 17.8 Å². The van der Waals surface area contributed by atoms with Crippen LogP contribution in [0.5, 0.6) is 11.5 Å². The fourth-order valence-electron chi connectivity index (χ4n) is 10.9. The molecule has 0 fully saturated rings. The standard InChI is InChI=1S/C55H57BN2OSi2/c1-35(2)38-33-39(36(3)4)53(40(34-38)37(5)6)56-41-21-19-27-47(57-43-23-11-15-29-49(43)60(7,8)50-30-16-12-24-44(50)57)54(41)59-55-42(56)22-20-28-48(55)58-45-25-13-17-31-51(45)61(9,10)52-32-18-14-26-46(52)58/h11-37H,1-10H3. The van der Waals surface area contributed by atoms with E-state index in [1.165, 1.54) is 76.6 Å². The van der Waals surface area contributed by atoms with E-state index in [1.54, 1.807) is 0 Å². The molecule has 61 heavy (non-hydrogen) atoms. The molecule has 0 aliphatic carbocycles. The summed E-state index contributed by atoms with van der Waals surface area (Å²) < 4.78 is 7.76. The lowest BCUT2D eigenvalue weighted by Gasteiger charge is -2.43. The van der Waals surface area contributed by atoms with Gasteiger partial charge in [0.05, 0.1) is 11.4 Å². The van der Waals surface area contributed by atoms with E-state index in [9.17, 15) is 0 Å². The minimum Gasteiger partial charge on any atom is -0.454 e. The molecular weight excluding hydrogens is 772 g/mol. The Morgan fingerprint density at radius 3 is 1.07 bits per heavy atom. The monoisotopic (exact) mass is 828 g/mol. The van der Waals surface area contributed by atoms with E-state index in [0.717, 1.165) is 22.9 Å². The first-order valence-electron chi connectivity index (χ1n) is 22.4. The first-order chi connectivity index (χ1) is 29.3. The maximum absolute atomic E-state index is 7.76. The van der Waals surface area contributed by atoms with Gasteiger partial charge in [-0.1, -0.05) is 182 Å². The molecule has 7 aromatic carbocycles. The van der Waals surface area contributed by atoms with E-state index in [2.05, 4.69) is 223 Å². The highest BCUT2D eigenvalue weighted by Gasteiger charge is 2.45. The van der Waals surface area contributed by atoms with Crippen LogP contribution in [0.3, 0.4) is 0 Å². The maximum Gasteiger partial charge on any atom is 0.251 e. The summed E-state index contributed by atoms with van der Waals surface area (Å²) in [6.45, 7) is 24.1. The number of hydrogen-bond acceptors (Lipinski definition) is 3. The lowest BCUT2D eigenvalue weighted by molar-refractivity contribution is 0.489. The first kappa shape index (κ1) is 39.6. The van der Waals surface area contributed by atoms with Crippen molar-refractivity contribution in [3.63, 3.8) is 0 Å². The molecular formula is C55H57BN2OSi2. The van der Waals surface area contributed by atoms with E-state index >= 15 is 0 Å². The van der Waals surface area contributed by atoms with Crippen molar-refractivity contribution in [2.45, 2.75) is 85.5 Å². The number of ether oxygens (including phenoxy) is 1. The molecule has 0 amide bonds. The molecule has 10 rings (SSSR count). The van der Waals surface area contributed by atoms with Crippen molar-refractivity contribution in [1.82, 2.24) is 0 Å². The largest absolute Gasteiger partial charge is 0.454 e. The van der Waals surface area contributed by atoms with Crippen LogP contribution in [0.1, 0.15) is 76.0 Å². The van der Waals surface area contributed by atoms with Crippen molar-refractivity contribution in [2.24, 2.45) is 0 Å².